The monoisotopic (exact) mass is 369 g/mol. The van der Waals surface area contributed by atoms with Gasteiger partial charge < -0.3 is 10.6 Å². The molecule has 1 heterocycles. The van der Waals surface area contributed by atoms with Gasteiger partial charge in [0.05, 0.1) is 0 Å². The molecule has 1 aromatic carbocycles. The van der Waals surface area contributed by atoms with Crippen molar-refractivity contribution in [2.75, 3.05) is 32.7 Å². The Morgan fingerprint density at radius 1 is 1.33 bits per heavy atom. The molecule has 1 aromatic rings. The molecule has 0 bridgehead atoms. The van der Waals surface area contributed by atoms with Crippen LogP contribution in [0.3, 0.4) is 0 Å². The van der Waals surface area contributed by atoms with Crippen molar-refractivity contribution in [3.05, 3.63) is 35.1 Å². The van der Waals surface area contributed by atoms with E-state index < -0.39 is 30.5 Å². The molecule has 1 unspecified atom stereocenters. The second-order valence-corrected chi connectivity index (χ2v) is 5.52. The summed E-state index contributed by atoms with van der Waals surface area (Å²) in [5.41, 5.74) is 0.414. The van der Waals surface area contributed by atoms with Gasteiger partial charge in [-0.05, 0) is 30.7 Å². The second-order valence-electron chi connectivity index (χ2n) is 5.52. The third-order valence-corrected chi connectivity index (χ3v) is 3.85. The van der Waals surface area contributed by atoms with Crippen LogP contribution in [0.2, 0.25) is 0 Å². The van der Waals surface area contributed by atoms with Crippen LogP contribution >= 0.6 is 12.4 Å². The summed E-state index contributed by atoms with van der Waals surface area (Å²) in [6, 6.07) is 1.97. The Morgan fingerprint density at radius 3 is 2.50 bits per heavy atom. The van der Waals surface area contributed by atoms with Gasteiger partial charge in [-0.1, -0.05) is 0 Å². The van der Waals surface area contributed by atoms with Crippen molar-refractivity contribution in [1.82, 2.24) is 15.5 Å². The Balaban J connectivity index is 0.00000288. The van der Waals surface area contributed by atoms with Crippen LogP contribution in [0.4, 0.5) is 17.6 Å². The number of amides is 1. The van der Waals surface area contributed by atoms with Gasteiger partial charge in [-0.2, -0.15) is 13.2 Å². The van der Waals surface area contributed by atoms with E-state index in [2.05, 4.69) is 10.6 Å². The van der Waals surface area contributed by atoms with Crippen molar-refractivity contribution in [3.63, 3.8) is 0 Å². The molecule has 0 aromatic heterocycles. The minimum Gasteiger partial charge on any atom is -0.350 e. The standard InChI is InChI=1S/C15H19F4N3O.ClH/c1-10-8-11(2-3-12(10)16)14(23)21-9-13(15(17,18)19)22-6-4-20-5-7-22;/h2-3,8,13,20H,4-7,9H2,1H3,(H,21,23);1H. The zero-order valence-corrected chi connectivity index (χ0v) is 13.9. The molecule has 0 radical (unpaired) electrons. The van der Waals surface area contributed by atoms with Crippen molar-refractivity contribution in [2.24, 2.45) is 0 Å². The normalized spacial score (nSPS) is 17.0. The fraction of sp³-hybridized carbons (Fsp3) is 0.533. The molecule has 1 aliphatic heterocycles. The van der Waals surface area contributed by atoms with Gasteiger partial charge in [-0.25, -0.2) is 4.39 Å². The van der Waals surface area contributed by atoms with E-state index in [9.17, 15) is 22.4 Å². The summed E-state index contributed by atoms with van der Waals surface area (Å²) in [4.78, 5) is 13.3. The van der Waals surface area contributed by atoms with Crippen molar-refractivity contribution >= 4 is 18.3 Å². The highest BCUT2D eigenvalue weighted by atomic mass is 35.5. The first kappa shape index (κ1) is 20.7. The van der Waals surface area contributed by atoms with E-state index in [0.717, 1.165) is 6.07 Å². The molecule has 136 valence electrons. The molecule has 0 aliphatic carbocycles. The Kier molecular flexibility index (Phi) is 7.44. The quantitative estimate of drug-likeness (QED) is 0.799. The summed E-state index contributed by atoms with van der Waals surface area (Å²) in [7, 11) is 0. The Hall–Kier alpha value is -1.38. The first-order valence-electron chi connectivity index (χ1n) is 7.35. The number of rotatable bonds is 4. The topological polar surface area (TPSA) is 44.4 Å². The van der Waals surface area contributed by atoms with Gasteiger partial charge in [0.2, 0.25) is 0 Å². The molecule has 1 fully saturated rings. The van der Waals surface area contributed by atoms with Crippen LogP contribution in [0.25, 0.3) is 0 Å². The number of hydrogen-bond donors (Lipinski definition) is 2. The van der Waals surface area contributed by atoms with Crippen LogP contribution in [0, 0.1) is 12.7 Å². The highest BCUT2D eigenvalue weighted by Gasteiger charge is 2.43. The van der Waals surface area contributed by atoms with Gasteiger partial charge in [0.1, 0.15) is 11.9 Å². The molecule has 2 rings (SSSR count). The first-order valence-corrected chi connectivity index (χ1v) is 7.35. The Bertz CT molecular complexity index is 562. The summed E-state index contributed by atoms with van der Waals surface area (Å²) in [5, 5.41) is 5.30. The average Bonchev–Trinajstić information content (AvgIpc) is 2.49. The molecule has 0 spiro atoms. The fourth-order valence-electron chi connectivity index (χ4n) is 2.52. The molecule has 1 atom stereocenters. The van der Waals surface area contributed by atoms with E-state index >= 15 is 0 Å². The number of halogens is 5. The number of alkyl halides is 3. The maximum absolute atomic E-state index is 13.2. The SMILES string of the molecule is Cc1cc(C(=O)NCC(N2CCNCC2)C(F)(F)F)ccc1F.Cl. The molecule has 1 amide bonds. The third kappa shape index (κ3) is 5.32. The maximum Gasteiger partial charge on any atom is 0.405 e. The van der Waals surface area contributed by atoms with Crippen molar-refractivity contribution in [1.29, 1.82) is 0 Å². The number of carbonyl (C=O) groups excluding carboxylic acids is 1. The smallest absolute Gasteiger partial charge is 0.350 e. The largest absolute Gasteiger partial charge is 0.405 e. The minimum absolute atomic E-state index is 0. The average molecular weight is 370 g/mol. The number of aryl methyl sites for hydroxylation is 1. The lowest BCUT2D eigenvalue weighted by Gasteiger charge is -2.35. The van der Waals surface area contributed by atoms with Gasteiger partial charge in [0.15, 0.2) is 0 Å². The molecule has 1 saturated heterocycles. The van der Waals surface area contributed by atoms with E-state index in [-0.39, 0.29) is 36.6 Å². The number of carbonyl (C=O) groups is 1. The first-order chi connectivity index (χ1) is 10.8. The van der Waals surface area contributed by atoms with Crippen molar-refractivity contribution in [3.8, 4) is 0 Å². The van der Waals surface area contributed by atoms with Gasteiger partial charge >= 0.3 is 6.18 Å². The van der Waals surface area contributed by atoms with E-state index in [1.165, 1.54) is 24.0 Å². The summed E-state index contributed by atoms with van der Waals surface area (Å²) >= 11 is 0. The third-order valence-electron chi connectivity index (χ3n) is 3.85. The lowest BCUT2D eigenvalue weighted by molar-refractivity contribution is -0.183. The van der Waals surface area contributed by atoms with Crippen LogP contribution in [0.1, 0.15) is 15.9 Å². The van der Waals surface area contributed by atoms with Gasteiger partial charge in [-0.3, -0.25) is 9.69 Å². The van der Waals surface area contributed by atoms with Crippen LogP contribution in [0.15, 0.2) is 18.2 Å². The van der Waals surface area contributed by atoms with Crippen molar-refractivity contribution in [2.45, 2.75) is 19.1 Å². The zero-order chi connectivity index (χ0) is 17.0. The molecular formula is C15H20ClF4N3O. The molecule has 4 nitrogen and oxygen atoms in total. The minimum atomic E-state index is -4.43. The van der Waals surface area contributed by atoms with E-state index in [1.54, 1.807) is 0 Å². The van der Waals surface area contributed by atoms with E-state index in [4.69, 9.17) is 0 Å². The van der Waals surface area contributed by atoms with Gasteiger partial charge in [0.25, 0.3) is 5.91 Å². The highest BCUT2D eigenvalue weighted by molar-refractivity contribution is 5.94. The predicted octanol–water partition coefficient (Wildman–Crippen LogP) is 2.12. The van der Waals surface area contributed by atoms with E-state index in [0.29, 0.717) is 13.1 Å². The number of nitrogens with zero attached hydrogens (tertiary/aromatic N) is 1. The van der Waals surface area contributed by atoms with Crippen LogP contribution < -0.4 is 10.6 Å². The lowest BCUT2D eigenvalue weighted by atomic mass is 10.1. The highest BCUT2D eigenvalue weighted by Crippen LogP contribution is 2.24. The van der Waals surface area contributed by atoms with Crippen LogP contribution in [-0.2, 0) is 0 Å². The van der Waals surface area contributed by atoms with Crippen LogP contribution in [0.5, 0.6) is 0 Å². The lowest BCUT2D eigenvalue weighted by Crippen LogP contribution is -2.57. The molecule has 24 heavy (non-hydrogen) atoms. The number of nitrogens with one attached hydrogen (secondary N) is 2. The maximum atomic E-state index is 13.2. The molecular weight excluding hydrogens is 350 g/mol. The molecule has 9 heteroatoms. The molecule has 2 N–H and O–H groups in total. The number of hydrogen-bond acceptors (Lipinski definition) is 3. The number of piperazine rings is 1. The van der Waals surface area contributed by atoms with Gasteiger partial charge in [-0.15, -0.1) is 12.4 Å². The zero-order valence-electron chi connectivity index (χ0n) is 13.1. The molecule has 0 saturated carbocycles. The number of benzene rings is 1. The predicted molar refractivity (Wildman–Crippen MR) is 85.0 cm³/mol. The molecule has 1 aliphatic rings. The van der Waals surface area contributed by atoms with Crippen molar-refractivity contribution < 1.29 is 22.4 Å². The summed E-state index contributed by atoms with van der Waals surface area (Å²) in [6.45, 7) is 2.48. The van der Waals surface area contributed by atoms with Gasteiger partial charge in [0, 0.05) is 38.3 Å². The summed E-state index contributed by atoms with van der Waals surface area (Å²) in [5.74, 6) is -1.10. The Morgan fingerprint density at radius 2 is 1.96 bits per heavy atom. The van der Waals surface area contributed by atoms with Crippen LogP contribution in [-0.4, -0.2) is 55.7 Å². The summed E-state index contributed by atoms with van der Waals surface area (Å²) in [6.07, 6.45) is -4.43. The second kappa shape index (κ2) is 8.64. The summed E-state index contributed by atoms with van der Waals surface area (Å²) < 4.78 is 52.8. The fourth-order valence-corrected chi connectivity index (χ4v) is 2.52. The Labute approximate surface area is 144 Å². The van der Waals surface area contributed by atoms with E-state index in [1.807, 2.05) is 0 Å².